The summed E-state index contributed by atoms with van der Waals surface area (Å²) in [6.07, 6.45) is 2.37. The van der Waals surface area contributed by atoms with Crippen molar-refractivity contribution in [2.24, 2.45) is 7.05 Å². The Morgan fingerprint density at radius 1 is 1.09 bits per heavy atom. The van der Waals surface area contributed by atoms with E-state index in [1.807, 2.05) is 0 Å². The Morgan fingerprint density at radius 2 is 1.73 bits per heavy atom. The van der Waals surface area contributed by atoms with E-state index in [1.165, 1.54) is 22.4 Å². The molecule has 3 heteroatoms. The Labute approximate surface area is 139 Å². The molecule has 0 bridgehead atoms. The summed E-state index contributed by atoms with van der Waals surface area (Å²) < 4.78 is 3.91. The fraction of sp³-hybridized carbons (Fsp3) is 0.474. The predicted octanol–water partition coefficient (Wildman–Crippen LogP) is 3.58. The van der Waals surface area contributed by atoms with Gasteiger partial charge in [-0.3, -0.25) is 0 Å². The van der Waals surface area contributed by atoms with E-state index in [0.29, 0.717) is 5.92 Å². The Bertz CT molecular complexity index is 680. The second kappa shape index (κ2) is 6.53. The van der Waals surface area contributed by atoms with Crippen molar-refractivity contribution in [1.29, 1.82) is 0 Å². The van der Waals surface area contributed by atoms with Crippen molar-refractivity contribution in [3.8, 4) is 11.3 Å². The van der Waals surface area contributed by atoms with Gasteiger partial charge in [-0.2, -0.15) is 0 Å². The first-order chi connectivity index (χ1) is 10.2. The van der Waals surface area contributed by atoms with Crippen molar-refractivity contribution in [2.45, 2.75) is 52.0 Å². The molecule has 0 unspecified atom stereocenters. The normalized spacial score (nSPS) is 11.5. The van der Waals surface area contributed by atoms with Crippen LogP contribution in [0.1, 0.15) is 42.3 Å². The first-order valence-corrected chi connectivity index (χ1v) is 13.3. The molecule has 22 heavy (non-hydrogen) atoms. The van der Waals surface area contributed by atoms with E-state index in [0.717, 1.165) is 11.4 Å². The number of hydrogen-bond donors (Lipinski definition) is 0. The van der Waals surface area contributed by atoms with Crippen molar-refractivity contribution in [3.63, 3.8) is 0 Å². The fourth-order valence-corrected chi connectivity index (χ4v) is 6.14. The molecule has 0 aliphatic rings. The van der Waals surface area contributed by atoms with Gasteiger partial charge in [0, 0.05) is 0 Å². The average Bonchev–Trinajstić information content (AvgIpc) is 2.38. The van der Waals surface area contributed by atoms with Gasteiger partial charge in [-0.1, -0.05) is 0 Å². The minimum absolute atomic E-state index is 0.566. The van der Waals surface area contributed by atoms with Gasteiger partial charge < -0.3 is 0 Å². The second-order valence-electron chi connectivity index (χ2n) is 6.83. The van der Waals surface area contributed by atoms with Crippen LogP contribution in [-0.4, -0.2) is 19.3 Å². The van der Waals surface area contributed by atoms with Crippen LogP contribution in [0.25, 0.3) is 11.3 Å². The topological polar surface area (TPSA) is 16.8 Å². The monoisotopic (exact) mass is 358 g/mol. The van der Waals surface area contributed by atoms with E-state index in [2.05, 4.69) is 81.1 Å². The van der Waals surface area contributed by atoms with Crippen LogP contribution in [0.15, 0.2) is 18.3 Å². The molecule has 0 spiro atoms. The van der Waals surface area contributed by atoms with E-state index in [4.69, 9.17) is 0 Å². The quantitative estimate of drug-likeness (QED) is 0.606. The van der Waals surface area contributed by atoms with E-state index in [9.17, 15) is 0 Å². The summed E-state index contributed by atoms with van der Waals surface area (Å²) in [5.41, 5.74) is 7.63. The molecule has 0 aliphatic carbocycles. The van der Waals surface area contributed by atoms with Gasteiger partial charge in [0.05, 0.1) is 0 Å². The van der Waals surface area contributed by atoms with Crippen LogP contribution in [0.4, 0.5) is 0 Å². The van der Waals surface area contributed by atoms with Crippen molar-refractivity contribution in [1.82, 2.24) is 4.98 Å². The summed E-state index contributed by atoms with van der Waals surface area (Å²) in [5, 5.41) is 0. The fourth-order valence-electron chi connectivity index (χ4n) is 3.22. The van der Waals surface area contributed by atoms with Gasteiger partial charge in [0.15, 0.2) is 0 Å². The molecule has 2 rings (SSSR count). The van der Waals surface area contributed by atoms with E-state index in [1.54, 1.807) is 4.40 Å². The number of hydrogen-bond acceptors (Lipinski definition) is 1. The zero-order valence-corrected chi connectivity index (χ0v) is 17.3. The van der Waals surface area contributed by atoms with Gasteiger partial charge in [0.1, 0.15) is 0 Å². The molecule has 1 radical (unpaired) electrons. The third-order valence-electron chi connectivity index (χ3n) is 4.25. The van der Waals surface area contributed by atoms with E-state index < -0.39 is 14.3 Å². The number of aromatic nitrogens is 2. The second-order valence-corrected chi connectivity index (χ2v) is 12.2. The maximum absolute atomic E-state index is 4.68. The molecular weight excluding hydrogens is 329 g/mol. The molecule has 0 N–H and O–H groups in total. The van der Waals surface area contributed by atoms with Crippen LogP contribution >= 0.6 is 0 Å². The number of pyridine rings is 2. The molecule has 0 fully saturated rings. The average molecular weight is 357 g/mol. The summed E-state index contributed by atoms with van der Waals surface area (Å²) in [4.78, 5) is 4.68. The Balaban J connectivity index is 2.75. The predicted molar refractivity (Wildman–Crippen MR) is 96.3 cm³/mol. The number of aryl methyl sites for hydroxylation is 4. The molecule has 0 aromatic carbocycles. The number of rotatable bonds is 3. The zero-order valence-electron chi connectivity index (χ0n) is 15.2. The van der Waals surface area contributed by atoms with Crippen LogP contribution in [-0.2, 0) is 7.05 Å². The molecule has 2 heterocycles. The van der Waals surface area contributed by atoms with Crippen molar-refractivity contribution in [3.05, 3.63) is 40.8 Å². The molecule has 2 aromatic rings. The maximum atomic E-state index is 4.68. The molecule has 0 saturated carbocycles. The Hall–Kier alpha value is -1.16. The van der Waals surface area contributed by atoms with Gasteiger partial charge >= 0.3 is 139 Å². The third-order valence-corrected chi connectivity index (χ3v) is 7.39. The van der Waals surface area contributed by atoms with Gasteiger partial charge in [-0.15, -0.1) is 0 Å². The van der Waals surface area contributed by atoms with Crippen molar-refractivity contribution < 1.29 is 4.57 Å². The van der Waals surface area contributed by atoms with Crippen molar-refractivity contribution in [2.75, 3.05) is 0 Å². The molecule has 117 valence electrons. The van der Waals surface area contributed by atoms with Gasteiger partial charge in [-0.25, -0.2) is 0 Å². The summed E-state index contributed by atoms with van der Waals surface area (Å²) in [6.45, 7) is 11.0. The third kappa shape index (κ3) is 3.27. The Morgan fingerprint density at radius 3 is 2.23 bits per heavy atom. The zero-order chi connectivity index (χ0) is 16.6. The summed E-state index contributed by atoms with van der Waals surface area (Å²) in [6, 6.07) is 4.59. The first-order valence-electron chi connectivity index (χ1n) is 8.01. The summed E-state index contributed by atoms with van der Waals surface area (Å²) in [7, 11) is 2.17. The van der Waals surface area contributed by atoms with E-state index >= 15 is 0 Å². The molecule has 0 atom stereocenters. The van der Waals surface area contributed by atoms with Crippen LogP contribution in [0, 0.1) is 20.8 Å². The molecule has 0 saturated heterocycles. The molecule has 0 aliphatic heterocycles. The minimum atomic E-state index is -1.11. The molecular formula is C19H28GeN2+. The Kier molecular flexibility index (Phi) is 5.11. The summed E-state index contributed by atoms with van der Waals surface area (Å²) in [5.74, 6) is 5.44. The summed E-state index contributed by atoms with van der Waals surface area (Å²) >= 11 is -1.11. The standard InChI is InChI=1S/C19H28GeN2/c1-12(2)16-10-18(22(8)11-17(16)20(6)7)19-13(3)9-14(4)21-15(19)5/h9-12H,1-8H3/q+1. The van der Waals surface area contributed by atoms with Gasteiger partial charge in [0.25, 0.3) is 0 Å². The molecule has 2 nitrogen and oxygen atoms in total. The van der Waals surface area contributed by atoms with E-state index in [-0.39, 0.29) is 0 Å². The van der Waals surface area contributed by atoms with Crippen LogP contribution in [0.2, 0.25) is 11.5 Å². The first kappa shape index (κ1) is 17.2. The van der Waals surface area contributed by atoms with Crippen molar-refractivity contribution >= 4 is 18.7 Å². The molecule has 0 amide bonds. The number of nitrogens with zero attached hydrogens (tertiary/aromatic N) is 2. The molecule has 2 aromatic heterocycles. The van der Waals surface area contributed by atoms with Crippen LogP contribution in [0.3, 0.4) is 0 Å². The SMILES string of the molecule is Cc1cc(C)c(-c2cc(C(C)C)[c]([Ge]([CH3])[CH3])c[n+]2C)c(C)n1. The van der Waals surface area contributed by atoms with Crippen LogP contribution in [0.5, 0.6) is 0 Å². The van der Waals surface area contributed by atoms with Gasteiger partial charge in [-0.05, 0) is 0 Å². The van der Waals surface area contributed by atoms with Crippen LogP contribution < -0.4 is 8.96 Å². The van der Waals surface area contributed by atoms with Gasteiger partial charge in [0.2, 0.25) is 0 Å².